The molecule has 0 bridgehead atoms. The van der Waals surface area contributed by atoms with E-state index in [9.17, 15) is 9.59 Å². The molecule has 7 heteroatoms. The Morgan fingerprint density at radius 2 is 2.12 bits per heavy atom. The summed E-state index contributed by atoms with van der Waals surface area (Å²) in [6.45, 7) is -0.0362. The number of carbonyl (C=O) groups excluding carboxylic acids is 2. The van der Waals surface area contributed by atoms with Crippen molar-refractivity contribution in [3.63, 3.8) is 0 Å². The van der Waals surface area contributed by atoms with Gasteiger partial charge in [-0.25, -0.2) is 0 Å². The Morgan fingerprint density at radius 3 is 2.75 bits per heavy atom. The van der Waals surface area contributed by atoms with Gasteiger partial charge in [-0.3, -0.25) is 9.59 Å². The number of hydrogen-bond acceptors (Lipinski definition) is 5. The number of carbonyl (C=O) groups is 2. The lowest BCUT2D eigenvalue weighted by molar-refractivity contribution is -0.123. The van der Waals surface area contributed by atoms with Crippen LogP contribution in [0.3, 0.4) is 0 Å². The van der Waals surface area contributed by atoms with Crippen LogP contribution in [-0.4, -0.2) is 30.7 Å². The van der Waals surface area contributed by atoms with Gasteiger partial charge in [0.05, 0.1) is 15.2 Å². The first-order chi connectivity index (χ1) is 11.6. The normalized spacial score (nSPS) is 16.2. The SMILES string of the molecule is CSc1ccc(C(=O)N[C@@H](CC2CCCCC2)C(=O)NCC#N)s1. The molecule has 0 radical (unpaired) electrons. The van der Waals surface area contributed by atoms with E-state index in [1.807, 2.05) is 18.4 Å². The summed E-state index contributed by atoms with van der Waals surface area (Å²) in [6, 6.07) is 5.03. The Hall–Kier alpha value is -1.52. The minimum absolute atomic E-state index is 0.0362. The van der Waals surface area contributed by atoms with Crippen molar-refractivity contribution in [1.29, 1.82) is 5.26 Å². The lowest BCUT2D eigenvalue weighted by Crippen LogP contribution is -2.47. The molecule has 2 amide bonds. The first-order valence-corrected chi connectivity index (χ1v) is 10.3. The molecule has 0 spiro atoms. The van der Waals surface area contributed by atoms with Crippen LogP contribution >= 0.6 is 23.1 Å². The maximum atomic E-state index is 12.4. The molecule has 1 saturated carbocycles. The number of rotatable bonds is 7. The third-order valence-electron chi connectivity index (χ3n) is 4.26. The molecule has 1 aromatic heterocycles. The summed E-state index contributed by atoms with van der Waals surface area (Å²) < 4.78 is 1.07. The fourth-order valence-electron chi connectivity index (χ4n) is 3.02. The van der Waals surface area contributed by atoms with Crippen LogP contribution in [0.5, 0.6) is 0 Å². The van der Waals surface area contributed by atoms with Gasteiger partial charge >= 0.3 is 0 Å². The maximum absolute atomic E-state index is 12.4. The largest absolute Gasteiger partial charge is 0.341 e. The van der Waals surface area contributed by atoms with Crippen molar-refractivity contribution in [2.75, 3.05) is 12.8 Å². The molecule has 1 heterocycles. The Balaban J connectivity index is 2.01. The summed E-state index contributed by atoms with van der Waals surface area (Å²) >= 11 is 3.02. The quantitative estimate of drug-likeness (QED) is 0.574. The molecule has 2 rings (SSSR count). The molecule has 1 aliphatic rings. The molecule has 24 heavy (non-hydrogen) atoms. The van der Waals surface area contributed by atoms with Gasteiger partial charge in [0.1, 0.15) is 12.6 Å². The van der Waals surface area contributed by atoms with Crippen molar-refractivity contribution >= 4 is 34.9 Å². The Labute approximate surface area is 151 Å². The number of nitrogens with one attached hydrogen (secondary N) is 2. The van der Waals surface area contributed by atoms with Crippen LogP contribution in [0.1, 0.15) is 48.2 Å². The van der Waals surface area contributed by atoms with E-state index in [2.05, 4.69) is 10.6 Å². The molecule has 1 atom stereocenters. The third-order valence-corrected chi connectivity index (χ3v) is 6.43. The highest BCUT2D eigenvalue weighted by molar-refractivity contribution is 8.00. The van der Waals surface area contributed by atoms with Crippen molar-refractivity contribution in [2.24, 2.45) is 5.92 Å². The van der Waals surface area contributed by atoms with Gasteiger partial charge < -0.3 is 10.6 Å². The summed E-state index contributed by atoms with van der Waals surface area (Å²) in [4.78, 5) is 25.4. The molecule has 0 saturated heterocycles. The fourth-order valence-corrected chi connectivity index (χ4v) is 4.47. The van der Waals surface area contributed by atoms with Gasteiger partial charge in [-0.05, 0) is 30.7 Å². The second-order valence-electron chi connectivity index (χ2n) is 5.96. The van der Waals surface area contributed by atoms with Gasteiger partial charge in [0, 0.05) is 0 Å². The highest BCUT2D eigenvalue weighted by atomic mass is 32.2. The zero-order chi connectivity index (χ0) is 17.4. The molecule has 5 nitrogen and oxygen atoms in total. The van der Waals surface area contributed by atoms with Crippen molar-refractivity contribution < 1.29 is 9.59 Å². The minimum atomic E-state index is -0.575. The predicted octanol–water partition coefficient (Wildman–Crippen LogP) is 3.18. The van der Waals surface area contributed by atoms with Crippen molar-refractivity contribution in [2.45, 2.75) is 48.8 Å². The monoisotopic (exact) mass is 365 g/mol. The second kappa shape index (κ2) is 9.70. The summed E-state index contributed by atoms with van der Waals surface area (Å²) in [5.74, 6) is -0.0210. The number of amides is 2. The number of nitrogens with zero attached hydrogens (tertiary/aromatic N) is 1. The van der Waals surface area contributed by atoms with Crippen molar-refractivity contribution in [1.82, 2.24) is 10.6 Å². The number of thiophene rings is 1. The van der Waals surface area contributed by atoms with Crippen LogP contribution in [0.25, 0.3) is 0 Å². The Bertz CT molecular complexity index is 603. The van der Waals surface area contributed by atoms with Gasteiger partial charge in [-0.15, -0.1) is 23.1 Å². The van der Waals surface area contributed by atoms with E-state index in [-0.39, 0.29) is 18.4 Å². The molecule has 130 valence electrons. The highest BCUT2D eigenvalue weighted by Gasteiger charge is 2.26. The van der Waals surface area contributed by atoms with Gasteiger partial charge in [0.25, 0.3) is 5.91 Å². The Morgan fingerprint density at radius 1 is 1.38 bits per heavy atom. The maximum Gasteiger partial charge on any atom is 0.262 e. The second-order valence-corrected chi connectivity index (χ2v) is 8.15. The molecule has 0 aliphatic heterocycles. The zero-order valence-corrected chi connectivity index (χ0v) is 15.5. The number of hydrogen-bond donors (Lipinski definition) is 2. The van der Waals surface area contributed by atoms with E-state index in [0.29, 0.717) is 17.2 Å². The highest BCUT2D eigenvalue weighted by Crippen LogP contribution is 2.28. The molecule has 1 aromatic rings. The van der Waals surface area contributed by atoms with E-state index in [1.54, 1.807) is 17.8 Å². The van der Waals surface area contributed by atoms with Crippen molar-refractivity contribution in [3.8, 4) is 6.07 Å². The fraction of sp³-hybridized carbons (Fsp3) is 0.588. The molecule has 0 aromatic carbocycles. The standard InChI is InChI=1S/C17H23N3O2S2/c1-23-15-8-7-14(24-15)17(22)20-13(16(21)19-10-9-18)11-12-5-3-2-4-6-12/h7-8,12-13H,2-6,10-11H2,1H3,(H,19,21)(H,20,22)/t13-/m0/s1. The van der Waals surface area contributed by atoms with Crippen LogP contribution in [0.2, 0.25) is 0 Å². The molecular formula is C17H23N3O2S2. The lowest BCUT2D eigenvalue weighted by Gasteiger charge is -2.26. The summed E-state index contributed by atoms with van der Waals surface area (Å²) in [5.41, 5.74) is 0. The van der Waals surface area contributed by atoms with Crippen LogP contribution in [0.15, 0.2) is 16.3 Å². The smallest absolute Gasteiger partial charge is 0.262 e. The van der Waals surface area contributed by atoms with Gasteiger partial charge in [0.15, 0.2) is 0 Å². The third kappa shape index (κ3) is 5.53. The Kier molecular flexibility index (Phi) is 7.60. The summed E-state index contributed by atoms with van der Waals surface area (Å²) in [5, 5.41) is 14.1. The number of thioether (sulfide) groups is 1. The van der Waals surface area contributed by atoms with Crippen LogP contribution in [-0.2, 0) is 4.79 Å². The molecule has 1 fully saturated rings. The molecule has 2 N–H and O–H groups in total. The molecule has 0 unspecified atom stereocenters. The predicted molar refractivity (Wildman–Crippen MR) is 97.2 cm³/mol. The average molecular weight is 366 g/mol. The molecular weight excluding hydrogens is 342 g/mol. The van der Waals surface area contributed by atoms with E-state index in [1.165, 1.54) is 30.6 Å². The van der Waals surface area contributed by atoms with Gasteiger partial charge in [-0.2, -0.15) is 5.26 Å². The van der Waals surface area contributed by atoms with Gasteiger partial charge in [0.2, 0.25) is 5.91 Å². The van der Waals surface area contributed by atoms with Crippen molar-refractivity contribution in [3.05, 3.63) is 17.0 Å². The minimum Gasteiger partial charge on any atom is -0.341 e. The van der Waals surface area contributed by atoms with E-state index < -0.39 is 6.04 Å². The summed E-state index contributed by atoms with van der Waals surface area (Å²) in [6.07, 6.45) is 8.45. The topological polar surface area (TPSA) is 82.0 Å². The average Bonchev–Trinajstić information content (AvgIpc) is 3.09. The molecule has 1 aliphatic carbocycles. The lowest BCUT2D eigenvalue weighted by atomic mass is 9.84. The first kappa shape index (κ1) is 18.8. The number of nitriles is 1. The van der Waals surface area contributed by atoms with E-state index >= 15 is 0 Å². The van der Waals surface area contributed by atoms with Crippen LogP contribution in [0, 0.1) is 17.2 Å². The van der Waals surface area contributed by atoms with Crippen LogP contribution < -0.4 is 10.6 Å². The van der Waals surface area contributed by atoms with E-state index in [0.717, 1.165) is 17.1 Å². The first-order valence-electron chi connectivity index (χ1n) is 8.23. The van der Waals surface area contributed by atoms with Gasteiger partial charge in [-0.1, -0.05) is 32.1 Å². The van der Waals surface area contributed by atoms with E-state index in [4.69, 9.17) is 5.26 Å². The van der Waals surface area contributed by atoms with Crippen LogP contribution in [0.4, 0.5) is 0 Å². The summed E-state index contributed by atoms with van der Waals surface area (Å²) in [7, 11) is 0. The zero-order valence-electron chi connectivity index (χ0n) is 13.8.